The zero-order valence-corrected chi connectivity index (χ0v) is 9.73. The second kappa shape index (κ2) is 6.67. The lowest BCUT2D eigenvalue weighted by molar-refractivity contribution is 0.393. The molecular formula is C7H18NO3S2+. The molecule has 80 valence electrons. The standard InChI is InChI=1S/C7H17NO3S2/c1-8(2)6-4-3-5-7-12-13(9,10)11/h3-7H2,1-2H3,(H-,9,10,11)/p+1. The predicted molar refractivity (Wildman–Crippen MR) is 58.0 cm³/mol. The molecule has 0 aromatic rings. The lowest BCUT2D eigenvalue weighted by atomic mass is 10.2. The maximum absolute atomic E-state index is 10.4. The third-order valence-electron chi connectivity index (χ3n) is 1.49. The summed E-state index contributed by atoms with van der Waals surface area (Å²) >= 11 is 0. The van der Waals surface area contributed by atoms with Crippen LogP contribution in [0, 0.1) is 0 Å². The van der Waals surface area contributed by atoms with Gasteiger partial charge in [0.05, 0.1) is 0 Å². The van der Waals surface area contributed by atoms with Crippen molar-refractivity contribution >= 4 is 19.4 Å². The Bertz CT molecular complexity index is 226. The van der Waals surface area contributed by atoms with Gasteiger partial charge in [-0.15, -0.1) is 0 Å². The fraction of sp³-hybridized carbons (Fsp3) is 1.00. The molecular weight excluding hydrogens is 210 g/mol. The summed E-state index contributed by atoms with van der Waals surface area (Å²) < 4.78 is 27.4. The van der Waals surface area contributed by atoms with E-state index < -0.39 is 9.05 Å². The van der Waals surface area contributed by atoms with Gasteiger partial charge in [-0.05, 0) is 33.5 Å². The van der Waals surface area contributed by atoms with E-state index in [1.165, 1.54) is 0 Å². The summed E-state index contributed by atoms with van der Waals surface area (Å²) in [6.07, 6.45) is 2.99. The molecule has 0 heterocycles. The molecule has 0 atom stereocenters. The number of rotatable bonds is 6. The molecule has 0 fully saturated rings. The number of hydrogen-bond acceptors (Lipinski definition) is 2. The van der Waals surface area contributed by atoms with E-state index in [2.05, 4.69) is 4.90 Å². The summed E-state index contributed by atoms with van der Waals surface area (Å²) in [5.74, 6) is 0.541. The van der Waals surface area contributed by atoms with Gasteiger partial charge < -0.3 is 4.90 Å². The van der Waals surface area contributed by atoms with Gasteiger partial charge >= 0.3 is 9.05 Å². The van der Waals surface area contributed by atoms with E-state index in [0.717, 1.165) is 36.1 Å². The Morgan fingerprint density at radius 3 is 2.31 bits per heavy atom. The lowest BCUT2D eigenvalue weighted by Crippen LogP contribution is -2.12. The van der Waals surface area contributed by atoms with E-state index in [1.807, 2.05) is 14.1 Å². The van der Waals surface area contributed by atoms with E-state index in [0.29, 0.717) is 5.75 Å². The summed E-state index contributed by atoms with van der Waals surface area (Å²) in [5, 5.41) is 0. The zero-order chi connectivity index (χ0) is 10.3. The van der Waals surface area contributed by atoms with Gasteiger partial charge in [0.2, 0.25) is 0 Å². The fourth-order valence-electron chi connectivity index (χ4n) is 0.874. The highest BCUT2D eigenvalue weighted by Gasteiger charge is 2.08. The Morgan fingerprint density at radius 2 is 1.85 bits per heavy atom. The van der Waals surface area contributed by atoms with Crippen LogP contribution in [0.1, 0.15) is 19.3 Å². The zero-order valence-electron chi connectivity index (χ0n) is 8.10. The van der Waals surface area contributed by atoms with Gasteiger partial charge in [-0.2, -0.15) is 4.21 Å². The minimum Gasteiger partial charge on any atom is -0.309 e. The van der Waals surface area contributed by atoms with Gasteiger partial charge in [0, 0.05) is 6.42 Å². The van der Waals surface area contributed by atoms with Crippen molar-refractivity contribution in [1.82, 2.24) is 4.90 Å². The Balaban J connectivity index is 3.33. The second-order valence-corrected chi connectivity index (χ2v) is 6.68. The molecule has 0 bridgehead atoms. The number of unbranched alkanes of at least 4 members (excludes halogenated alkanes) is 2. The molecule has 0 saturated heterocycles. The van der Waals surface area contributed by atoms with Gasteiger partial charge in [0.25, 0.3) is 10.3 Å². The van der Waals surface area contributed by atoms with Crippen molar-refractivity contribution in [1.29, 1.82) is 0 Å². The molecule has 0 saturated carbocycles. The normalized spacial score (nSPS) is 12.1. The van der Waals surface area contributed by atoms with Crippen molar-refractivity contribution < 1.29 is 13.3 Å². The van der Waals surface area contributed by atoms with Crippen LogP contribution in [0.2, 0.25) is 0 Å². The van der Waals surface area contributed by atoms with E-state index in [-0.39, 0.29) is 0 Å². The van der Waals surface area contributed by atoms with Crippen molar-refractivity contribution in [3.8, 4) is 0 Å². The minimum atomic E-state index is -3.57. The van der Waals surface area contributed by atoms with Crippen molar-refractivity contribution in [3.63, 3.8) is 0 Å². The summed E-state index contributed by atoms with van der Waals surface area (Å²) in [5.41, 5.74) is 0. The van der Waals surface area contributed by atoms with Crippen molar-refractivity contribution in [2.24, 2.45) is 0 Å². The van der Waals surface area contributed by atoms with Crippen LogP contribution >= 0.6 is 0 Å². The topological polar surface area (TPSA) is 60.8 Å². The van der Waals surface area contributed by atoms with E-state index in [9.17, 15) is 4.21 Å². The van der Waals surface area contributed by atoms with E-state index >= 15 is 0 Å². The molecule has 0 spiro atoms. The van der Waals surface area contributed by atoms with Gasteiger partial charge in [0.15, 0.2) is 5.75 Å². The highest BCUT2D eigenvalue weighted by Crippen LogP contribution is 1.96. The maximum atomic E-state index is 10.4. The van der Waals surface area contributed by atoms with Crippen molar-refractivity contribution in [2.75, 3.05) is 26.4 Å². The quantitative estimate of drug-likeness (QED) is 0.525. The molecule has 0 rings (SSSR count). The molecule has 0 aromatic heterocycles. The third-order valence-corrected chi connectivity index (χ3v) is 3.67. The van der Waals surface area contributed by atoms with Crippen LogP contribution in [-0.4, -0.2) is 44.6 Å². The molecule has 0 unspecified atom stereocenters. The molecule has 6 heteroatoms. The monoisotopic (exact) mass is 228 g/mol. The smallest absolute Gasteiger partial charge is 0.309 e. The Morgan fingerprint density at radius 1 is 1.23 bits per heavy atom. The van der Waals surface area contributed by atoms with Crippen molar-refractivity contribution in [3.05, 3.63) is 0 Å². The molecule has 2 N–H and O–H groups in total. The predicted octanol–water partition coefficient (Wildman–Crippen LogP) is 0.946. The van der Waals surface area contributed by atoms with Crippen LogP contribution in [0.3, 0.4) is 0 Å². The molecule has 13 heavy (non-hydrogen) atoms. The van der Waals surface area contributed by atoms with Crippen LogP contribution in [0.4, 0.5) is 0 Å². The van der Waals surface area contributed by atoms with E-state index in [4.69, 9.17) is 9.11 Å². The highest BCUT2D eigenvalue weighted by atomic mass is 32.9. The molecule has 0 amide bonds. The first kappa shape index (κ1) is 13.2. The van der Waals surface area contributed by atoms with Gasteiger partial charge in [-0.1, -0.05) is 0 Å². The first-order chi connectivity index (χ1) is 5.92. The van der Waals surface area contributed by atoms with Gasteiger partial charge in [0.1, 0.15) is 0 Å². The molecule has 0 aliphatic carbocycles. The van der Waals surface area contributed by atoms with Gasteiger partial charge in [-0.3, -0.25) is 9.11 Å². The Labute approximate surface area is 83.6 Å². The minimum absolute atomic E-state index is 0.541. The summed E-state index contributed by atoms with van der Waals surface area (Å²) in [4.78, 5) is 2.11. The van der Waals surface area contributed by atoms with Crippen LogP contribution in [0.15, 0.2) is 0 Å². The maximum Gasteiger partial charge on any atom is 0.430 e. The highest BCUT2D eigenvalue weighted by molar-refractivity contribution is 8.34. The number of nitrogens with zero attached hydrogens (tertiary/aromatic N) is 1. The SMILES string of the molecule is CN(C)CCCCC[S+]=S(=O)(O)O. The molecule has 0 aliphatic rings. The average molecular weight is 228 g/mol. The molecule has 0 aromatic carbocycles. The average Bonchev–Trinajstić information content (AvgIpc) is 1.93. The molecule has 0 radical (unpaired) electrons. The lowest BCUT2D eigenvalue weighted by Gasteiger charge is -2.06. The van der Waals surface area contributed by atoms with Gasteiger partial charge in [-0.25, -0.2) is 0 Å². The molecule has 4 nitrogen and oxygen atoms in total. The van der Waals surface area contributed by atoms with E-state index in [1.54, 1.807) is 0 Å². The first-order valence-electron chi connectivity index (χ1n) is 4.20. The summed E-state index contributed by atoms with van der Waals surface area (Å²) in [6, 6.07) is 0. The van der Waals surface area contributed by atoms with Crippen LogP contribution in [0.5, 0.6) is 0 Å². The summed E-state index contributed by atoms with van der Waals surface area (Å²) in [6.45, 7) is 1.04. The van der Waals surface area contributed by atoms with Crippen LogP contribution in [-0.2, 0) is 19.4 Å². The van der Waals surface area contributed by atoms with Crippen LogP contribution in [0.25, 0.3) is 0 Å². The van der Waals surface area contributed by atoms with Crippen molar-refractivity contribution in [2.45, 2.75) is 19.3 Å². The second-order valence-electron chi connectivity index (χ2n) is 3.13. The summed E-state index contributed by atoms with van der Waals surface area (Å²) in [7, 11) is 1.18. The van der Waals surface area contributed by atoms with Crippen LogP contribution < -0.4 is 0 Å². The fourth-order valence-corrected chi connectivity index (χ4v) is 2.42. The third kappa shape index (κ3) is 12.2. The largest absolute Gasteiger partial charge is 0.430 e. The first-order valence-corrected chi connectivity index (χ1v) is 7.17. The number of hydrogen-bond donors (Lipinski definition) is 2. The Hall–Kier alpha value is 0.250. The Kier molecular flexibility index (Phi) is 6.79. The molecule has 0 aliphatic heterocycles.